The van der Waals surface area contributed by atoms with E-state index in [1.165, 1.54) is 16.9 Å². The topological polar surface area (TPSA) is 111 Å². The summed E-state index contributed by atoms with van der Waals surface area (Å²) in [5.74, 6) is 2.19. The Hall–Kier alpha value is -3.57. The lowest BCUT2D eigenvalue weighted by molar-refractivity contribution is -0.115. The molecule has 1 saturated carbocycles. The number of aromatic nitrogens is 4. The maximum atomic E-state index is 12.5. The minimum absolute atomic E-state index is 0.109. The van der Waals surface area contributed by atoms with Gasteiger partial charge >= 0.3 is 0 Å². The maximum absolute atomic E-state index is 12.5. The molecule has 39 heavy (non-hydrogen) atoms. The molecular formula is C28H32N6O3S2. The molecule has 1 aliphatic carbocycles. The van der Waals surface area contributed by atoms with Crippen molar-refractivity contribution in [2.24, 2.45) is 0 Å². The van der Waals surface area contributed by atoms with Gasteiger partial charge in [-0.2, -0.15) is 0 Å². The van der Waals surface area contributed by atoms with Gasteiger partial charge in [0.15, 0.2) is 0 Å². The van der Waals surface area contributed by atoms with Gasteiger partial charge in [-0.3, -0.25) is 4.79 Å². The van der Waals surface area contributed by atoms with Gasteiger partial charge in [-0.05, 0) is 68.0 Å². The lowest BCUT2D eigenvalue weighted by atomic mass is 10.1. The van der Waals surface area contributed by atoms with Crippen molar-refractivity contribution in [3.8, 4) is 11.5 Å². The average molecular weight is 565 g/mol. The van der Waals surface area contributed by atoms with E-state index >= 15 is 0 Å². The van der Waals surface area contributed by atoms with Crippen LogP contribution in [-0.4, -0.2) is 46.6 Å². The Labute approximate surface area is 236 Å². The molecule has 0 spiro atoms. The third kappa shape index (κ3) is 7.10. The van der Waals surface area contributed by atoms with Crippen LogP contribution in [0.5, 0.6) is 11.5 Å². The number of nitrogens with zero attached hydrogens (tertiary/aromatic N) is 4. The zero-order valence-electron chi connectivity index (χ0n) is 22.2. The van der Waals surface area contributed by atoms with Gasteiger partial charge in [-0.15, -0.1) is 20.4 Å². The molecule has 1 amide bonds. The monoisotopic (exact) mass is 564 g/mol. The molecule has 4 aromatic rings. The fourth-order valence-corrected chi connectivity index (χ4v) is 6.72. The zero-order valence-corrected chi connectivity index (χ0v) is 23.8. The first kappa shape index (κ1) is 27.0. The number of carbonyl (C=O) groups is 1. The lowest BCUT2D eigenvalue weighted by Gasteiger charge is -2.12. The Bertz CT molecular complexity index is 1370. The maximum Gasteiger partial charge on any atom is 0.230 e. The Morgan fingerprint density at radius 2 is 1.38 bits per heavy atom. The van der Waals surface area contributed by atoms with Crippen LogP contribution in [0.25, 0.3) is 0 Å². The van der Waals surface area contributed by atoms with Crippen molar-refractivity contribution in [1.82, 2.24) is 20.4 Å². The summed E-state index contributed by atoms with van der Waals surface area (Å²) in [5.41, 5.74) is 2.16. The standard InChI is InChI=1S/C28H32N6O3S2/c1-17(14-18-4-10-22(36-2)11-5-18)29-27-33-31-25(38-27)20-8-9-21(16-20)26-32-34-28(39-26)30-24(35)15-19-6-12-23(37-3)13-7-19/h4-7,10-13,17,20-21H,8-9,14-16H2,1-3H3,(H,29,33)(H,30,34,35). The van der Waals surface area contributed by atoms with E-state index in [0.29, 0.717) is 17.0 Å². The molecule has 0 aliphatic heterocycles. The van der Waals surface area contributed by atoms with E-state index in [1.54, 1.807) is 25.6 Å². The molecule has 0 radical (unpaired) electrons. The van der Waals surface area contributed by atoms with E-state index in [9.17, 15) is 4.79 Å². The van der Waals surface area contributed by atoms with Crippen LogP contribution in [0.2, 0.25) is 0 Å². The molecule has 3 unspecified atom stereocenters. The van der Waals surface area contributed by atoms with Gasteiger partial charge in [0.2, 0.25) is 16.2 Å². The van der Waals surface area contributed by atoms with Crippen LogP contribution in [0.4, 0.5) is 10.3 Å². The fraction of sp³-hybridized carbons (Fsp3) is 0.393. The van der Waals surface area contributed by atoms with Crippen LogP contribution in [0.1, 0.15) is 59.2 Å². The highest BCUT2D eigenvalue weighted by Crippen LogP contribution is 2.45. The van der Waals surface area contributed by atoms with Crippen molar-refractivity contribution in [2.75, 3.05) is 24.9 Å². The molecule has 3 atom stereocenters. The van der Waals surface area contributed by atoms with Gasteiger partial charge in [-0.25, -0.2) is 0 Å². The van der Waals surface area contributed by atoms with Gasteiger partial charge < -0.3 is 20.1 Å². The number of amides is 1. The summed E-state index contributed by atoms with van der Waals surface area (Å²) in [5, 5.41) is 27.3. The number of methoxy groups -OCH3 is 2. The molecule has 11 heteroatoms. The highest BCUT2D eigenvalue weighted by atomic mass is 32.1. The molecule has 2 aromatic carbocycles. The number of nitrogens with one attached hydrogen (secondary N) is 2. The van der Waals surface area contributed by atoms with Crippen LogP contribution < -0.4 is 20.1 Å². The van der Waals surface area contributed by atoms with E-state index in [0.717, 1.165) is 57.9 Å². The molecule has 2 N–H and O–H groups in total. The third-order valence-electron chi connectivity index (χ3n) is 6.85. The number of benzene rings is 2. The van der Waals surface area contributed by atoms with Crippen molar-refractivity contribution in [1.29, 1.82) is 0 Å². The molecule has 1 aliphatic rings. The summed E-state index contributed by atoms with van der Waals surface area (Å²) >= 11 is 3.10. The minimum Gasteiger partial charge on any atom is -0.497 e. The Kier molecular flexibility index (Phi) is 8.67. The van der Waals surface area contributed by atoms with Gasteiger partial charge in [0.1, 0.15) is 21.5 Å². The third-order valence-corrected chi connectivity index (χ3v) is 8.87. The predicted octanol–water partition coefficient (Wildman–Crippen LogP) is 5.68. The van der Waals surface area contributed by atoms with Gasteiger partial charge in [0.25, 0.3) is 0 Å². The second-order valence-corrected chi connectivity index (χ2v) is 11.8. The summed E-state index contributed by atoms with van der Waals surface area (Å²) in [7, 11) is 3.30. The fourth-order valence-electron chi connectivity index (χ4n) is 4.81. The first-order valence-corrected chi connectivity index (χ1v) is 14.6. The van der Waals surface area contributed by atoms with E-state index < -0.39 is 0 Å². The van der Waals surface area contributed by atoms with Crippen molar-refractivity contribution < 1.29 is 14.3 Å². The average Bonchev–Trinajstić information content (AvgIpc) is 3.71. The van der Waals surface area contributed by atoms with Crippen LogP contribution in [-0.2, 0) is 17.6 Å². The molecule has 204 valence electrons. The quantitative estimate of drug-likeness (QED) is 0.239. The molecule has 1 fully saturated rings. The summed E-state index contributed by atoms with van der Waals surface area (Å²) in [6.07, 6.45) is 4.19. The summed E-state index contributed by atoms with van der Waals surface area (Å²) < 4.78 is 10.4. The molecule has 0 saturated heterocycles. The Morgan fingerprint density at radius 3 is 1.97 bits per heavy atom. The van der Waals surface area contributed by atoms with Crippen molar-refractivity contribution >= 4 is 38.8 Å². The molecule has 9 nitrogen and oxygen atoms in total. The van der Waals surface area contributed by atoms with E-state index in [2.05, 4.69) is 50.1 Å². The first-order valence-electron chi connectivity index (χ1n) is 13.0. The van der Waals surface area contributed by atoms with E-state index in [1.807, 2.05) is 36.4 Å². The van der Waals surface area contributed by atoms with Gasteiger partial charge in [0.05, 0.1) is 20.6 Å². The number of hydrogen-bond donors (Lipinski definition) is 2. The smallest absolute Gasteiger partial charge is 0.230 e. The normalized spacial score (nSPS) is 17.5. The highest BCUT2D eigenvalue weighted by molar-refractivity contribution is 7.15. The predicted molar refractivity (Wildman–Crippen MR) is 154 cm³/mol. The zero-order chi connectivity index (χ0) is 27.2. The largest absolute Gasteiger partial charge is 0.497 e. The van der Waals surface area contributed by atoms with Crippen LogP contribution >= 0.6 is 22.7 Å². The molecule has 0 bridgehead atoms. The number of ether oxygens (including phenoxy) is 2. The number of hydrogen-bond acceptors (Lipinski definition) is 10. The van der Waals surface area contributed by atoms with Crippen molar-refractivity contribution in [3.63, 3.8) is 0 Å². The molecule has 2 aromatic heterocycles. The number of anilines is 2. The lowest BCUT2D eigenvalue weighted by Crippen LogP contribution is -2.17. The second-order valence-electron chi connectivity index (χ2n) is 9.77. The number of carbonyl (C=O) groups excluding carboxylic acids is 1. The first-order chi connectivity index (χ1) is 19.0. The SMILES string of the molecule is COc1ccc(CC(=O)Nc2nnc(C3CCC(c4nnc(NC(C)Cc5ccc(OC)cc5)s4)C3)s2)cc1. The van der Waals surface area contributed by atoms with Crippen LogP contribution in [0.3, 0.4) is 0 Å². The van der Waals surface area contributed by atoms with Crippen LogP contribution in [0.15, 0.2) is 48.5 Å². The van der Waals surface area contributed by atoms with E-state index in [-0.39, 0.29) is 18.4 Å². The highest BCUT2D eigenvalue weighted by Gasteiger charge is 2.32. The summed E-state index contributed by atoms with van der Waals surface area (Å²) in [6, 6.07) is 15.9. The van der Waals surface area contributed by atoms with Gasteiger partial charge in [-0.1, -0.05) is 46.9 Å². The van der Waals surface area contributed by atoms with Crippen LogP contribution in [0, 0.1) is 0 Å². The van der Waals surface area contributed by atoms with Crippen molar-refractivity contribution in [3.05, 3.63) is 69.7 Å². The minimum atomic E-state index is -0.109. The van der Waals surface area contributed by atoms with Gasteiger partial charge in [0, 0.05) is 17.9 Å². The number of rotatable bonds is 11. The Balaban J connectivity index is 1.10. The van der Waals surface area contributed by atoms with Crippen molar-refractivity contribution in [2.45, 2.75) is 56.9 Å². The summed E-state index contributed by atoms with van der Waals surface area (Å²) in [4.78, 5) is 12.5. The summed E-state index contributed by atoms with van der Waals surface area (Å²) in [6.45, 7) is 2.15. The molecule has 5 rings (SSSR count). The second kappa shape index (κ2) is 12.5. The van der Waals surface area contributed by atoms with E-state index in [4.69, 9.17) is 9.47 Å². The molecular weight excluding hydrogens is 532 g/mol. The Morgan fingerprint density at radius 1 is 0.846 bits per heavy atom. The molecule has 2 heterocycles.